The lowest BCUT2D eigenvalue weighted by Crippen LogP contribution is -2.17. The summed E-state index contributed by atoms with van der Waals surface area (Å²) in [6.45, 7) is 1.64. The molecule has 0 aliphatic heterocycles. The zero-order valence-electron chi connectivity index (χ0n) is 8.79. The first-order valence-corrected chi connectivity index (χ1v) is 4.63. The lowest BCUT2D eigenvalue weighted by Gasteiger charge is -2.13. The summed E-state index contributed by atoms with van der Waals surface area (Å²) in [5.74, 6) is -0.709. The van der Waals surface area contributed by atoms with Crippen LogP contribution in [0.5, 0.6) is 0 Å². The number of halogens is 1. The van der Waals surface area contributed by atoms with Crippen molar-refractivity contribution in [1.82, 2.24) is 0 Å². The van der Waals surface area contributed by atoms with Crippen molar-refractivity contribution in [3.8, 4) is 0 Å². The van der Waals surface area contributed by atoms with E-state index in [0.29, 0.717) is 11.1 Å². The number of carbonyl (C=O) groups excluding carboxylic acids is 1. The number of carbonyl (C=O) groups is 1. The molecular formula is C11H14FNO2. The SMILES string of the molecule is COC(=O)C[C@H](N)c1cccc(F)c1C. The Bertz CT molecular complexity index is 366. The van der Waals surface area contributed by atoms with Crippen LogP contribution in [0.1, 0.15) is 23.6 Å². The molecule has 0 spiro atoms. The van der Waals surface area contributed by atoms with Gasteiger partial charge in [-0.15, -0.1) is 0 Å². The van der Waals surface area contributed by atoms with E-state index in [1.54, 1.807) is 19.1 Å². The van der Waals surface area contributed by atoms with Crippen molar-refractivity contribution in [2.45, 2.75) is 19.4 Å². The predicted molar refractivity (Wildman–Crippen MR) is 54.7 cm³/mol. The summed E-state index contributed by atoms with van der Waals surface area (Å²) < 4.78 is 17.7. The topological polar surface area (TPSA) is 52.3 Å². The third-order valence-electron chi connectivity index (χ3n) is 2.32. The highest BCUT2D eigenvalue weighted by Crippen LogP contribution is 2.20. The van der Waals surface area contributed by atoms with Gasteiger partial charge < -0.3 is 10.5 Å². The number of rotatable bonds is 3. The molecule has 3 nitrogen and oxygen atoms in total. The molecule has 2 N–H and O–H groups in total. The van der Waals surface area contributed by atoms with Crippen molar-refractivity contribution in [3.63, 3.8) is 0 Å². The zero-order chi connectivity index (χ0) is 11.4. The summed E-state index contributed by atoms with van der Waals surface area (Å²) in [6.07, 6.45) is 0.0563. The van der Waals surface area contributed by atoms with Crippen LogP contribution in [0.2, 0.25) is 0 Å². The average molecular weight is 211 g/mol. The van der Waals surface area contributed by atoms with Gasteiger partial charge in [-0.25, -0.2) is 4.39 Å². The molecule has 0 fully saturated rings. The van der Waals surface area contributed by atoms with Gasteiger partial charge in [-0.05, 0) is 24.1 Å². The minimum absolute atomic E-state index is 0.0563. The van der Waals surface area contributed by atoms with Crippen molar-refractivity contribution < 1.29 is 13.9 Å². The van der Waals surface area contributed by atoms with Crippen LogP contribution in [0, 0.1) is 12.7 Å². The summed E-state index contributed by atoms with van der Waals surface area (Å²) in [5.41, 5.74) is 6.89. The number of esters is 1. The molecule has 0 aliphatic rings. The third kappa shape index (κ3) is 2.76. The van der Waals surface area contributed by atoms with E-state index in [1.165, 1.54) is 13.2 Å². The number of hydrogen-bond acceptors (Lipinski definition) is 3. The molecule has 4 heteroatoms. The maximum atomic E-state index is 13.2. The highest BCUT2D eigenvalue weighted by atomic mass is 19.1. The number of ether oxygens (including phenoxy) is 1. The van der Waals surface area contributed by atoms with Crippen molar-refractivity contribution in [2.75, 3.05) is 7.11 Å². The van der Waals surface area contributed by atoms with Gasteiger partial charge >= 0.3 is 5.97 Å². The Morgan fingerprint density at radius 3 is 2.87 bits per heavy atom. The third-order valence-corrected chi connectivity index (χ3v) is 2.32. The lowest BCUT2D eigenvalue weighted by atomic mass is 9.99. The van der Waals surface area contributed by atoms with E-state index in [2.05, 4.69) is 4.74 Å². The standard InChI is InChI=1S/C11H14FNO2/c1-7-8(4-3-5-9(7)12)10(13)6-11(14)15-2/h3-5,10H,6,13H2,1-2H3/t10-/m0/s1. The van der Waals surface area contributed by atoms with Gasteiger partial charge in [0.05, 0.1) is 13.5 Å². The van der Waals surface area contributed by atoms with Crippen molar-refractivity contribution in [2.24, 2.45) is 5.73 Å². The largest absolute Gasteiger partial charge is 0.469 e. The summed E-state index contributed by atoms with van der Waals surface area (Å²) in [7, 11) is 1.30. The molecule has 1 aromatic carbocycles. The minimum atomic E-state index is -0.520. The Kier molecular flexibility index (Phi) is 3.80. The Labute approximate surface area is 88.0 Å². The van der Waals surface area contributed by atoms with E-state index in [9.17, 15) is 9.18 Å². The van der Waals surface area contributed by atoms with Gasteiger partial charge in [0.1, 0.15) is 5.82 Å². The molecule has 1 aromatic rings. The van der Waals surface area contributed by atoms with Gasteiger partial charge in [0.15, 0.2) is 0 Å². The second kappa shape index (κ2) is 4.89. The molecule has 1 rings (SSSR count). The number of benzene rings is 1. The second-order valence-corrected chi connectivity index (χ2v) is 3.34. The Morgan fingerprint density at radius 1 is 1.60 bits per heavy atom. The Morgan fingerprint density at radius 2 is 2.27 bits per heavy atom. The first-order chi connectivity index (χ1) is 7.06. The molecule has 0 aliphatic carbocycles. The van der Waals surface area contributed by atoms with E-state index in [0.717, 1.165) is 0 Å². The highest BCUT2D eigenvalue weighted by Gasteiger charge is 2.15. The normalized spacial score (nSPS) is 12.3. The molecule has 0 bridgehead atoms. The van der Waals surface area contributed by atoms with Crippen LogP contribution < -0.4 is 5.73 Å². The van der Waals surface area contributed by atoms with Gasteiger partial charge in [-0.3, -0.25) is 4.79 Å². The minimum Gasteiger partial charge on any atom is -0.469 e. The maximum Gasteiger partial charge on any atom is 0.307 e. The first-order valence-electron chi connectivity index (χ1n) is 4.63. The molecule has 0 heterocycles. The first kappa shape index (κ1) is 11.7. The van der Waals surface area contributed by atoms with Crippen molar-refractivity contribution in [3.05, 3.63) is 35.1 Å². The zero-order valence-corrected chi connectivity index (χ0v) is 8.79. The summed E-state index contributed by atoms with van der Waals surface area (Å²) in [5, 5.41) is 0. The molecule has 82 valence electrons. The highest BCUT2D eigenvalue weighted by molar-refractivity contribution is 5.70. The predicted octanol–water partition coefficient (Wildman–Crippen LogP) is 1.70. The summed E-state index contributed by atoms with van der Waals surface area (Å²) in [4.78, 5) is 11.0. The fourth-order valence-corrected chi connectivity index (χ4v) is 1.40. The summed E-state index contributed by atoms with van der Waals surface area (Å²) in [6, 6.07) is 4.14. The Hall–Kier alpha value is -1.42. The van der Waals surface area contributed by atoms with Crippen LogP contribution in [-0.4, -0.2) is 13.1 Å². The molecule has 15 heavy (non-hydrogen) atoms. The van der Waals surface area contributed by atoms with Gasteiger partial charge in [0.25, 0.3) is 0 Å². The quantitative estimate of drug-likeness (QED) is 0.774. The van der Waals surface area contributed by atoms with E-state index >= 15 is 0 Å². The van der Waals surface area contributed by atoms with Crippen molar-refractivity contribution in [1.29, 1.82) is 0 Å². The van der Waals surface area contributed by atoms with Gasteiger partial charge in [-0.2, -0.15) is 0 Å². The molecule has 0 aromatic heterocycles. The number of nitrogens with two attached hydrogens (primary N) is 1. The molecule has 0 saturated carbocycles. The molecule has 0 amide bonds. The smallest absolute Gasteiger partial charge is 0.307 e. The van der Waals surface area contributed by atoms with Crippen LogP contribution in [0.15, 0.2) is 18.2 Å². The van der Waals surface area contributed by atoms with E-state index in [-0.39, 0.29) is 12.2 Å². The van der Waals surface area contributed by atoms with Gasteiger partial charge in [0, 0.05) is 6.04 Å². The van der Waals surface area contributed by atoms with Crippen LogP contribution in [-0.2, 0) is 9.53 Å². The molecule has 0 saturated heterocycles. The maximum absolute atomic E-state index is 13.2. The van der Waals surface area contributed by atoms with Crippen LogP contribution in [0.3, 0.4) is 0 Å². The molecular weight excluding hydrogens is 197 g/mol. The summed E-state index contributed by atoms with van der Waals surface area (Å²) >= 11 is 0. The lowest BCUT2D eigenvalue weighted by molar-refractivity contribution is -0.141. The monoisotopic (exact) mass is 211 g/mol. The van der Waals surface area contributed by atoms with E-state index in [1.807, 2.05) is 0 Å². The average Bonchev–Trinajstić information content (AvgIpc) is 2.21. The molecule has 0 unspecified atom stereocenters. The Balaban J connectivity index is 2.86. The van der Waals surface area contributed by atoms with E-state index < -0.39 is 12.0 Å². The van der Waals surface area contributed by atoms with Crippen molar-refractivity contribution >= 4 is 5.97 Å². The van der Waals surface area contributed by atoms with Gasteiger partial charge in [0.2, 0.25) is 0 Å². The fourth-order valence-electron chi connectivity index (χ4n) is 1.40. The van der Waals surface area contributed by atoms with Crippen LogP contribution in [0.4, 0.5) is 4.39 Å². The molecule has 0 radical (unpaired) electrons. The molecule has 1 atom stereocenters. The number of methoxy groups -OCH3 is 1. The second-order valence-electron chi connectivity index (χ2n) is 3.34. The van der Waals surface area contributed by atoms with E-state index in [4.69, 9.17) is 5.73 Å². The fraction of sp³-hybridized carbons (Fsp3) is 0.364. The van der Waals surface area contributed by atoms with Gasteiger partial charge in [-0.1, -0.05) is 12.1 Å². The van der Waals surface area contributed by atoms with Crippen LogP contribution >= 0.6 is 0 Å². The van der Waals surface area contributed by atoms with Crippen LogP contribution in [0.25, 0.3) is 0 Å². The number of hydrogen-bond donors (Lipinski definition) is 1.